The summed E-state index contributed by atoms with van der Waals surface area (Å²) in [4.78, 5) is 2.47. The molecule has 2 aromatic carbocycles. The Kier molecular flexibility index (Phi) is 4.36. The van der Waals surface area contributed by atoms with Gasteiger partial charge in [-0.2, -0.15) is 16.4 Å². The smallest absolute Gasteiger partial charge is 0.152 e. The number of hydrogen-bond donors (Lipinski definition) is 2. The third-order valence-electron chi connectivity index (χ3n) is 3.51. The Hall–Kier alpha value is -2.50. The summed E-state index contributed by atoms with van der Waals surface area (Å²) in [5.41, 5.74) is 3.23. The van der Waals surface area contributed by atoms with Gasteiger partial charge in [0.05, 0.1) is 5.69 Å². The van der Waals surface area contributed by atoms with Crippen molar-refractivity contribution < 1.29 is 0 Å². The first kappa shape index (κ1) is 15.1. The first-order chi connectivity index (χ1) is 11.9. The van der Waals surface area contributed by atoms with Gasteiger partial charge >= 0.3 is 0 Å². The van der Waals surface area contributed by atoms with E-state index in [0.29, 0.717) is 0 Å². The van der Waals surface area contributed by atoms with Crippen LogP contribution in [0.1, 0.15) is 0 Å². The fourth-order valence-corrected chi connectivity index (χ4v) is 4.34. The monoisotopic (exact) mass is 349 g/mol. The molecule has 0 saturated heterocycles. The van der Waals surface area contributed by atoms with Crippen molar-refractivity contribution in [2.75, 3.05) is 5.32 Å². The fourth-order valence-electron chi connectivity index (χ4n) is 2.37. The molecular formula is C19H15N3S2. The van der Waals surface area contributed by atoms with Gasteiger partial charge in [0.25, 0.3) is 0 Å². The Labute approximate surface area is 148 Å². The van der Waals surface area contributed by atoms with Gasteiger partial charge in [-0.05, 0) is 24.3 Å². The SMILES string of the molecule is c1ccc(Nc2cc(-c3cscc3Sc3ccccc3)[nH]n2)cc1. The predicted octanol–water partition coefficient (Wildman–Crippen LogP) is 6.03. The maximum absolute atomic E-state index is 4.37. The molecule has 2 N–H and O–H groups in total. The van der Waals surface area contributed by atoms with E-state index in [2.05, 4.69) is 50.5 Å². The topological polar surface area (TPSA) is 40.7 Å². The molecule has 0 aliphatic heterocycles. The van der Waals surface area contributed by atoms with Gasteiger partial charge in [-0.15, -0.1) is 0 Å². The van der Waals surface area contributed by atoms with Crippen molar-refractivity contribution >= 4 is 34.6 Å². The molecule has 0 radical (unpaired) electrons. The van der Waals surface area contributed by atoms with Gasteiger partial charge < -0.3 is 5.32 Å². The van der Waals surface area contributed by atoms with Gasteiger partial charge in [0.2, 0.25) is 0 Å². The average Bonchev–Trinajstić information content (AvgIpc) is 3.26. The zero-order valence-electron chi connectivity index (χ0n) is 12.8. The second-order valence-electron chi connectivity index (χ2n) is 5.22. The Balaban J connectivity index is 1.56. The summed E-state index contributed by atoms with van der Waals surface area (Å²) < 4.78 is 0. The Bertz CT molecular complexity index is 914. The molecule has 118 valence electrons. The van der Waals surface area contributed by atoms with Crippen molar-refractivity contribution in [3.05, 3.63) is 77.5 Å². The van der Waals surface area contributed by atoms with Crippen LogP contribution in [0.3, 0.4) is 0 Å². The quantitative estimate of drug-likeness (QED) is 0.462. The third-order valence-corrected chi connectivity index (χ3v) is 5.47. The number of H-pyrrole nitrogens is 1. The Morgan fingerprint density at radius 3 is 2.46 bits per heavy atom. The first-order valence-electron chi connectivity index (χ1n) is 7.55. The van der Waals surface area contributed by atoms with Crippen molar-refractivity contribution in [1.29, 1.82) is 0 Å². The lowest BCUT2D eigenvalue weighted by Crippen LogP contribution is -1.88. The number of aromatic nitrogens is 2. The largest absolute Gasteiger partial charge is 0.339 e. The summed E-state index contributed by atoms with van der Waals surface area (Å²) >= 11 is 3.48. The van der Waals surface area contributed by atoms with Crippen molar-refractivity contribution in [1.82, 2.24) is 10.2 Å². The number of hydrogen-bond acceptors (Lipinski definition) is 4. The van der Waals surface area contributed by atoms with Gasteiger partial charge in [-0.3, -0.25) is 5.10 Å². The number of para-hydroxylation sites is 1. The van der Waals surface area contributed by atoms with Crippen LogP contribution in [-0.2, 0) is 0 Å². The van der Waals surface area contributed by atoms with Crippen molar-refractivity contribution in [3.8, 4) is 11.3 Å². The number of benzene rings is 2. The van der Waals surface area contributed by atoms with Crippen LogP contribution in [0.5, 0.6) is 0 Å². The van der Waals surface area contributed by atoms with Crippen LogP contribution in [-0.4, -0.2) is 10.2 Å². The summed E-state index contributed by atoms with van der Waals surface area (Å²) in [5.74, 6) is 0.818. The molecule has 0 aliphatic carbocycles. The van der Waals surface area contributed by atoms with Gasteiger partial charge in [0, 0.05) is 37.9 Å². The van der Waals surface area contributed by atoms with Gasteiger partial charge in [0.1, 0.15) is 0 Å². The summed E-state index contributed by atoms with van der Waals surface area (Å²) in [6.45, 7) is 0. The normalized spacial score (nSPS) is 10.7. The predicted molar refractivity (Wildman–Crippen MR) is 102 cm³/mol. The van der Waals surface area contributed by atoms with Crippen LogP contribution in [0.15, 0.2) is 87.3 Å². The molecule has 0 aliphatic rings. The molecule has 5 heteroatoms. The van der Waals surface area contributed by atoms with Gasteiger partial charge in [-0.1, -0.05) is 48.2 Å². The van der Waals surface area contributed by atoms with E-state index in [9.17, 15) is 0 Å². The maximum atomic E-state index is 4.37. The Morgan fingerprint density at radius 1 is 0.917 bits per heavy atom. The molecule has 0 atom stereocenters. The Morgan fingerprint density at radius 2 is 1.67 bits per heavy atom. The molecule has 0 saturated carbocycles. The average molecular weight is 349 g/mol. The maximum Gasteiger partial charge on any atom is 0.152 e. The van der Waals surface area contributed by atoms with E-state index in [1.165, 1.54) is 15.4 Å². The number of rotatable bonds is 5. The molecular weight excluding hydrogens is 334 g/mol. The lowest BCUT2D eigenvalue weighted by atomic mass is 10.2. The van der Waals surface area contributed by atoms with Crippen molar-refractivity contribution in [2.24, 2.45) is 0 Å². The highest BCUT2D eigenvalue weighted by Crippen LogP contribution is 2.38. The second kappa shape index (κ2) is 6.95. The van der Waals surface area contributed by atoms with Crippen molar-refractivity contribution in [2.45, 2.75) is 9.79 Å². The molecule has 2 aromatic heterocycles. The zero-order chi connectivity index (χ0) is 16.2. The third kappa shape index (κ3) is 3.37. The van der Waals surface area contributed by atoms with Crippen LogP contribution >= 0.6 is 23.1 Å². The van der Waals surface area contributed by atoms with Crippen LogP contribution < -0.4 is 5.32 Å². The van der Waals surface area contributed by atoms with E-state index in [-0.39, 0.29) is 0 Å². The molecule has 4 aromatic rings. The summed E-state index contributed by atoms with van der Waals surface area (Å²) in [6, 6.07) is 22.5. The zero-order valence-corrected chi connectivity index (χ0v) is 14.4. The van der Waals surface area contributed by atoms with Gasteiger partial charge in [-0.25, -0.2) is 0 Å². The number of anilines is 2. The summed E-state index contributed by atoms with van der Waals surface area (Å²) in [6.07, 6.45) is 0. The molecule has 4 rings (SSSR count). The fraction of sp³-hybridized carbons (Fsp3) is 0. The summed E-state index contributed by atoms with van der Waals surface area (Å²) in [5, 5.41) is 15.2. The van der Waals surface area contributed by atoms with Crippen LogP contribution in [0.2, 0.25) is 0 Å². The highest BCUT2D eigenvalue weighted by molar-refractivity contribution is 7.99. The highest BCUT2D eigenvalue weighted by atomic mass is 32.2. The molecule has 0 unspecified atom stereocenters. The highest BCUT2D eigenvalue weighted by Gasteiger charge is 2.11. The van der Waals surface area contributed by atoms with E-state index < -0.39 is 0 Å². The molecule has 0 fully saturated rings. The lowest BCUT2D eigenvalue weighted by molar-refractivity contribution is 1.09. The minimum Gasteiger partial charge on any atom is -0.339 e. The van der Waals surface area contributed by atoms with Crippen LogP contribution in [0, 0.1) is 0 Å². The molecule has 2 heterocycles. The molecule has 0 amide bonds. The van der Waals surface area contributed by atoms with Crippen LogP contribution in [0.4, 0.5) is 11.5 Å². The van der Waals surface area contributed by atoms with Crippen molar-refractivity contribution in [3.63, 3.8) is 0 Å². The number of aromatic amines is 1. The van der Waals surface area contributed by atoms with Crippen LogP contribution in [0.25, 0.3) is 11.3 Å². The van der Waals surface area contributed by atoms with E-state index in [1.807, 2.05) is 42.5 Å². The first-order valence-corrected chi connectivity index (χ1v) is 9.31. The molecule has 24 heavy (non-hydrogen) atoms. The molecule has 0 spiro atoms. The van der Waals surface area contributed by atoms with E-state index in [1.54, 1.807) is 23.1 Å². The van der Waals surface area contributed by atoms with E-state index >= 15 is 0 Å². The van der Waals surface area contributed by atoms with E-state index in [0.717, 1.165) is 17.2 Å². The standard InChI is InChI=1S/C19H15N3S2/c1-3-7-14(8-4-1)20-19-11-17(21-22-19)16-12-23-13-18(16)24-15-9-5-2-6-10-15/h1-13H,(H2,20,21,22). The molecule has 3 nitrogen and oxygen atoms in total. The minimum atomic E-state index is 0.818. The van der Waals surface area contributed by atoms with E-state index in [4.69, 9.17) is 0 Å². The molecule has 0 bridgehead atoms. The number of nitrogens with zero attached hydrogens (tertiary/aromatic N) is 1. The number of thiophene rings is 1. The second-order valence-corrected chi connectivity index (χ2v) is 7.08. The number of nitrogens with one attached hydrogen (secondary N) is 2. The summed E-state index contributed by atoms with van der Waals surface area (Å²) in [7, 11) is 0. The lowest BCUT2D eigenvalue weighted by Gasteiger charge is -2.02. The minimum absolute atomic E-state index is 0.818. The van der Waals surface area contributed by atoms with Gasteiger partial charge in [0.15, 0.2) is 5.82 Å².